The van der Waals surface area contributed by atoms with Crippen LogP contribution in [0.4, 0.5) is 0 Å². The van der Waals surface area contributed by atoms with Crippen molar-refractivity contribution in [1.82, 2.24) is 20.8 Å². The van der Waals surface area contributed by atoms with Gasteiger partial charge in [0.2, 0.25) is 5.91 Å². The SMILES string of the molecule is Cc1nnc(C(C)(C)NC(=O)C2C3CNCC32)c2ccccc12. The largest absolute Gasteiger partial charge is 0.345 e. The van der Waals surface area contributed by atoms with Crippen molar-refractivity contribution in [1.29, 1.82) is 0 Å². The minimum Gasteiger partial charge on any atom is -0.345 e. The summed E-state index contributed by atoms with van der Waals surface area (Å²) >= 11 is 0. The molecule has 2 heterocycles. The van der Waals surface area contributed by atoms with Gasteiger partial charge in [-0.05, 0) is 45.7 Å². The maximum Gasteiger partial charge on any atom is 0.224 e. The molecule has 1 amide bonds. The highest BCUT2D eigenvalue weighted by atomic mass is 16.2. The molecule has 1 saturated heterocycles. The minimum atomic E-state index is -0.540. The molecule has 2 fully saturated rings. The van der Waals surface area contributed by atoms with E-state index >= 15 is 0 Å². The molecule has 2 aliphatic rings. The van der Waals surface area contributed by atoms with Gasteiger partial charge in [0.05, 0.1) is 16.9 Å². The van der Waals surface area contributed by atoms with Crippen molar-refractivity contribution in [2.24, 2.45) is 17.8 Å². The van der Waals surface area contributed by atoms with Gasteiger partial charge in [0, 0.05) is 16.7 Å². The van der Waals surface area contributed by atoms with Crippen LogP contribution in [-0.4, -0.2) is 29.2 Å². The molecule has 2 unspecified atom stereocenters. The van der Waals surface area contributed by atoms with Crippen LogP contribution in [0.15, 0.2) is 24.3 Å². The standard InChI is InChI=1S/C18H22N4O/c1-10-11-6-4-5-7-12(11)16(22-21-10)18(2,3)20-17(23)15-13-8-19-9-14(13)15/h4-7,13-15,19H,8-9H2,1-3H3,(H,20,23). The number of carbonyl (C=O) groups is 1. The second-order valence-corrected chi connectivity index (χ2v) is 7.31. The number of benzene rings is 1. The molecule has 2 aromatic rings. The normalized spacial score (nSPS) is 26.1. The quantitative estimate of drug-likeness (QED) is 0.906. The lowest BCUT2D eigenvalue weighted by Gasteiger charge is -2.27. The predicted octanol–water partition coefficient (Wildman–Crippen LogP) is 1.75. The molecule has 1 aliphatic carbocycles. The highest BCUT2D eigenvalue weighted by Crippen LogP contribution is 2.49. The number of hydrogen-bond acceptors (Lipinski definition) is 4. The van der Waals surface area contributed by atoms with Crippen molar-refractivity contribution >= 4 is 16.7 Å². The molecule has 5 heteroatoms. The van der Waals surface area contributed by atoms with E-state index in [0.717, 1.165) is 35.2 Å². The topological polar surface area (TPSA) is 66.9 Å². The number of piperidine rings is 1. The van der Waals surface area contributed by atoms with Crippen LogP contribution in [0.5, 0.6) is 0 Å². The van der Waals surface area contributed by atoms with Crippen molar-refractivity contribution in [3.8, 4) is 0 Å². The van der Waals surface area contributed by atoms with E-state index in [1.165, 1.54) is 0 Å². The Labute approximate surface area is 135 Å². The van der Waals surface area contributed by atoms with Crippen LogP contribution in [-0.2, 0) is 10.3 Å². The zero-order valence-corrected chi connectivity index (χ0v) is 13.8. The number of hydrogen-bond donors (Lipinski definition) is 2. The molecule has 0 radical (unpaired) electrons. The van der Waals surface area contributed by atoms with Crippen molar-refractivity contribution in [3.63, 3.8) is 0 Å². The zero-order valence-electron chi connectivity index (χ0n) is 13.8. The summed E-state index contributed by atoms with van der Waals surface area (Å²) in [4.78, 5) is 12.6. The number of fused-ring (bicyclic) bond motifs is 2. The highest BCUT2D eigenvalue weighted by molar-refractivity contribution is 5.88. The molecule has 2 N–H and O–H groups in total. The molecular formula is C18H22N4O. The maximum atomic E-state index is 12.6. The van der Waals surface area contributed by atoms with Gasteiger partial charge in [0.25, 0.3) is 0 Å². The van der Waals surface area contributed by atoms with Gasteiger partial charge < -0.3 is 10.6 Å². The fourth-order valence-electron chi connectivity index (χ4n) is 3.96. The number of aryl methyl sites for hydroxylation is 1. The van der Waals surface area contributed by atoms with Gasteiger partial charge in [0.1, 0.15) is 0 Å². The smallest absolute Gasteiger partial charge is 0.224 e. The number of nitrogens with zero attached hydrogens (tertiary/aromatic N) is 2. The van der Waals surface area contributed by atoms with Gasteiger partial charge in [-0.3, -0.25) is 4.79 Å². The van der Waals surface area contributed by atoms with E-state index in [1.807, 2.05) is 32.9 Å². The fraction of sp³-hybridized carbons (Fsp3) is 0.500. The molecule has 5 nitrogen and oxygen atoms in total. The summed E-state index contributed by atoms with van der Waals surface area (Å²) in [5.74, 6) is 1.36. The van der Waals surface area contributed by atoms with Crippen LogP contribution in [0, 0.1) is 24.7 Å². The molecule has 0 spiro atoms. The Hall–Kier alpha value is -2.01. The molecule has 1 aromatic heterocycles. The maximum absolute atomic E-state index is 12.6. The van der Waals surface area contributed by atoms with Crippen molar-refractivity contribution in [2.45, 2.75) is 26.3 Å². The van der Waals surface area contributed by atoms with E-state index in [-0.39, 0.29) is 11.8 Å². The lowest BCUT2D eigenvalue weighted by atomic mass is 9.94. The molecule has 23 heavy (non-hydrogen) atoms. The first kappa shape index (κ1) is 14.6. The molecule has 0 bridgehead atoms. The Bertz CT molecular complexity index is 776. The van der Waals surface area contributed by atoms with E-state index in [4.69, 9.17) is 0 Å². The monoisotopic (exact) mass is 310 g/mol. The van der Waals surface area contributed by atoms with Crippen molar-refractivity contribution in [2.75, 3.05) is 13.1 Å². The number of aromatic nitrogens is 2. The van der Waals surface area contributed by atoms with E-state index in [9.17, 15) is 4.79 Å². The van der Waals surface area contributed by atoms with Gasteiger partial charge in [-0.25, -0.2) is 0 Å². The average Bonchev–Trinajstić information content (AvgIpc) is 3.01. The van der Waals surface area contributed by atoms with E-state index in [2.05, 4.69) is 33.0 Å². The number of amides is 1. The van der Waals surface area contributed by atoms with Gasteiger partial charge in [-0.2, -0.15) is 10.2 Å². The van der Waals surface area contributed by atoms with Crippen LogP contribution in [0.25, 0.3) is 10.8 Å². The van der Waals surface area contributed by atoms with E-state index in [1.54, 1.807) is 0 Å². The molecule has 120 valence electrons. The third-order valence-electron chi connectivity index (χ3n) is 5.29. The Morgan fingerprint density at radius 3 is 2.52 bits per heavy atom. The minimum absolute atomic E-state index is 0.151. The van der Waals surface area contributed by atoms with E-state index in [0.29, 0.717) is 11.8 Å². The first-order valence-corrected chi connectivity index (χ1v) is 8.24. The fourth-order valence-corrected chi connectivity index (χ4v) is 3.96. The molecular weight excluding hydrogens is 288 g/mol. The summed E-state index contributed by atoms with van der Waals surface area (Å²) < 4.78 is 0. The summed E-state index contributed by atoms with van der Waals surface area (Å²) in [6.07, 6.45) is 0. The molecule has 1 saturated carbocycles. The summed E-state index contributed by atoms with van der Waals surface area (Å²) in [7, 11) is 0. The summed E-state index contributed by atoms with van der Waals surface area (Å²) in [5.41, 5.74) is 1.20. The summed E-state index contributed by atoms with van der Waals surface area (Å²) in [6.45, 7) is 7.91. The molecule has 1 aliphatic heterocycles. The molecule has 1 aromatic carbocycles. The molecule has 4 rings (SSSR count). The van der Waals surface area contributed by atoms with Crippen LogP contribution in [0.2, 0.25) is 0 Å². The number of nitrogens with one attached hydrogen (secondary N) is 2. The Kier molecular flexibility index (Phi) is 3.17. The van der Waals surface area contributed by atoms with Gasteiger partial charge in [-0.1, -0.05) is 24.3 Å². The van der Waals surface area contributed by atoms with Gasteiger partial charge >= 0.3 is 0 Å². The van der Waals surface area contributed by atoms with Crippen LogP contribution in [0.1, 0.15) is 25.2 Å². The Morgan fingerprint density at radius 2 is 1.83 bits per heavy atom. The van der Waals surface area contributed by atoms with Crippen LogP contribution >= 0.6 is 0 Å². The summed E-state index contributed by atoms with van der Waals surface area (Å²) in [6, 6.07) is 8.11. The first-order valence-electron chi connectivity index (χ1n) is 8.24. The Balaban J connectivity index is 1.64. The van der Waals surface area contributed by atoms with E-state index < -0.39 is 5.54 Å². The second-order valence-electron chi connectivity index (χ2n) is 7.31. The molecule has 2 atom stereocenters. The number of rotatable bonds is 3. The lowest BCUT2D eigenvalue weighted by molar-refractivity contribution is -0.124. The first-order chi connectivity index (χ1) is 11.0. The van der Waals surface area contributed by atoms with Crippen molar-refractivity contribution < 1.29 is 4.79 Å². The summed E-state index contributed by atoms with van der Waals surface area (Å²) in [5, 5.41) is 17.4. The van der Waals surface area contributed by atoms with Crippen LogP contribution in [0.3, 0.4) is 0 Å². The number of carbonyl (C=O) groups excluding carboxylic acids is 1. The highest BCUT2D eigenvalue weighted by Gasteiger charge is 2.57. The van der Waals surface area contributed by atoms with Crippen molar-refractivity contribution in [3.05, 3.63) is 35.7 Å². The average molecular weight is 310 g/mol. The third-order valence-corrected chi connectivity index (χ3v) is 5.29. The van der Waals surface area contributed by atoms with Gasteiger partial charge in [-0.15, -0.1) is 0 Å². The Morgan fingerprint density at radius 1 is 1.17 bits per heavy atom. The second kappa shape index (κ2) is 4.99. The zero-order chi connectivity index (χ0) is 16.2. The van der Waals surface area contributed by atoms with Crippen LogP contribution < -0.4 is 10.6 Å². The van der Waals surface area contributed by atoms with Gasteiger partial charge in [0.15, 0.2) is 0 Å². The predicted molar refractivity (Wildman–Crippen MR) is 88.8 cm³/mol. The third kappa shape index (κ3) is 2.30. The lowest BCUT2D eigenvalue weighted by Crippen LogP contribution is -2.44.